The number of hydrogen-bond donors (Lipinski definition) is 1. The number of hydrogen-bond acceptors (Lipinski definition) is 4. The van der Waals surface area contributed by atoms with E-state index in [1.807, 2.05) is 66.9 Å². The number of carbonyl (C=O) groups is 1. The first kappa shape index (κ1) is 21.1. The lowest BCUT2D eigenvalue weighted by Crippen LogP contribution is -2.29. The second-order valence-electron chi connectivity index (χ2n) is 6.67. The fraction of sp³-hybridized carbons (Fsp3) is 0.227. The molecule has 0 aliphatic heterocycles. The van der Waals surface area contributed by atoms with E-state index in [4.69, 9.17) is 11.6 Å². The van der Waals surface area contributed by atoms with Crippen LogP contribution in [0.3, 0.4) is 0 Å². The maximum absolute atomic E-state index is 12.7. The average Bonchev–Trinajstić information content (AvgIpc) is 3.11. The van der Waals surface area contributed by atoms with E-state index < -0.39 is 0 Å². The number of nitrogens with one attached hydrogen (secondary N) is 1. The van der Waals surface area contributed by atoms with Crippen LogP contribution in [0.5, 0.6) is 0 Å². The molecule has 3 aromatic rings. The third kappa shape index (κ3) is 5.28. The Morgan fingerprint density at radius 1 is 1.24 bits per heavy atom. The maximum Gasteiger partial charge on any atom is 0.252 e. The van der Waals surface area contributed by atoms with Crippen molar-refractivity contribution in [2.75, 3.05) is 0 Å². The van der Waals surface area contributed by atoms with Gasteiger partial charge in [-0.15, -0.1) is 16.8 Å². The summed E-state index contributed by atoms with van der Waals surface area (Å²) in [4.78, 5) is 12.7. The summed E-state index contributed by atoms with van der Waals surface area (Å²) in [5, 5.41) is 13.2. The molecule has 0 radical (unpaired) electrons. The smallest absolute Gasteiger partial charge is 0.252 e. The number of aromatic nitrogens is 3. The molecule has 0 aliphatic rings. The molecule has 7 heteroatoms. The third-order valence-electron chi connectivity index (χ3n) is 4.46. The Labute approximate surface area is 180 Å². The van der Waals surface area contributed by atoms with Crippen molar-refractivity contribution >= 4 is 29.3 Å². The lowest BCUT2D eigenvalue weighted by molar-refractivity contribution is 0.0937. The lowest BCUT2D eigenvalue weighted by Gasteiger charge is -2.16. The van der Waals surface area contributed by atoms with Gasteiger partial charge in [-0.3, -0.25) is 4.79 Å². The molecule has 1 heterocycles. The first-order chi connectivity index (χ1) is 14.0. The predicted octanol–water partition coefficient (Wildman–Crippen LogP) is 5.21. The minimum absolute atomic E-state index is 0.126. The van der Waals surface area contributed by atoms with Crippen LogP contribution >= 0.6 is 23.4 Å². The first-order valence-corrected chi connectivity index (χ1v) is 10.6. The predicted molar refractivity (Wildman–Crippen MR) is 118 cm³/mol. The Balaban J connectivity index is 1.74. The molecule has 1 atom stereocenters. The van der Waals surface area contributed by atoms with Crippen LogP contribution in [-0.2, 0) is 12.3 Å². The zero-order chi connectivity index (χ0) is 20.8. The molecule has 150 valence electrons. The van der Waals surface area contributed by atoms with E-state index >= 15 is 0 Å². The highest BCUT2D eigenvalue weighted by molar-refractivity contribution is 7.98. The van der Waals surface area contributed by atoms with Crippen molar-refractivity contribution in [3.63, 3.8) is 0 Å². The first-order valence-electron chi connectivity index (χ1n) is 9.27. The summed E-state index contributed by atoms with van der Waals surface area (Å²) in [6, 6.07) is 15.0. The van der Waals surface area contributed by atoms with Crippen LogP contribution in [0.2, 0.25) is 5.02 Å². The van der Waals surface area contributed by atoms with Crippen LogP contribution in [-0.4, -0.2) is 20.7 Å². The van der Waals surface area contributed by atoms with Gasteiger partial charge >= 0.3 is 0 Å². The molecule has 0 bridgehead atoms. The molecule has 0 saturated heterocycles. The second-order valence-corrected chi connectivity index (χ2v) is 8.04. The zero-order valence-electron chi connectivity index (χ0n) is 16.4. The number of allylic oxidation sites excluding steroid dienone is 1. The van der Waals surface area contributed by atoms with Crippen molar-refractivity contribution in [1.82, 2.24) is 20.1 Å². The standard InChI is InChI=1S/C22H23ClN4OS/c1-4-13-27-20(16(3)24-21(28)19-8-6-5-7-15(19)2)25-26-22(27)29-14-17-9-11-18(23)12-10-17/h4-12,16H,1,13-14H2,2-3H3,(H,24,28). The van der Waals surface area contributed by atoms with Gasteiger partial charge in [0.15, 0.2) is 11.0 Å². The van der Waals surface area contributed by atoms with Crippen molar-refractivity contribution in [3.8, 4) is 0 Å². The normalized spacial score (nSPS) is 11.8. The average molecular weight is 427 g/mol. The number of carbonyl (C=O) groups excluding carboxylic acids is 1. The summed E-state index contributed by atoms with van der Waals surface area (Å²) in [6.07, 6.45) is 1.80. The molecule has 0 saturated carbocycles. The van der Waals surface area contributed by atoms with Gasteiger partial charge in [-0.25, -0.2) is 0 Å². The fourth-order valence-corrected chi connectivity index (χ4v) is 3.96. The Morgan fingerprint density at radius 2 is 1.97 bits per heavy atom. The van der Waals surface area contributed by atoms with Crippen molar-refractivity contribution in [2.24, 2.45) is 0 Å². The van der Waals surface area contributed by atoms with E-state index in [2.05, 4.69) is 22.1 Å². The van der Waals surface area contributed by atoms with Gasteiger partial charge < -0.3 is 9.88 Å². The molecular weight excluding hydrogens is 404 g/mol. The third-order valence-corrected chi connectivity index (χ3v) is 5.75. The van der Waals surface area contributed by atoms with Crippen molar-refractivity contribution in [3.05, 3.63) is 88.7 Å². The van der Waals surface area contributed by atoms with Gasteiger partial charge in [-0.05, 0) is 43.2 Å². The molecule has 0 aliphatic carbocycles. The summed E-state index contributed by atoms with van der Waals surface area (Å²) in [5.41, 5.74) is 2.74. The number of nitrogens with zero attached hydrogens (tertiary/aromatic N) is 3. The fourth-order valence-electron chi connectivity index (χ4n) is 2.92. The van der Waals surface area contributed by atoms with Gasteiger partial charge in [0, 0.05) is 22.9 Å². The number of thioether (sulfide) groups is 1. The number of rotatable bonds is 8. The Kier molecular flexibility index (Phi) is 7.12. The minimum Gasteiger partial charge on any atom is -0.342 e. The highest BCUT2D eigenvalue weighted by Crippen LogP contribution is 2.25. The minimum atomic E-state index is -0.292. The van der Waals surface area contributed by atoms with Gasteiger partial charge in [0.25, 0.3) is 5.91 Å². The molecule has 1 aromatic heterocycles. The Morgan fingerprint density at radius 3 is 2.66 bits per heavy atom. The molecule has 1 amide bonds. The molecule has 1 N–H and O–H groups in total. The topological polar surface area (TPSA) is 59.8 Å². The van der Waals surface area contributed by atoms with Gasteiger partial charge in [0.2, 0.25) is 0 Å². The van der Waals surface area contributed by atoms with Crippen LogP contribution in [0.1, 0.15) is 40.3 Å². The zero-order valence-corrected chi connectivity index (χ0v) is 18.0. The summed E-state index contributed by atoms with van der Waals surface area (Å²) in [7, 11) is 0. The quantitative estimate of drug-likeness (QED) is 0.396. The number of aryl methyl sites for hydroxylation is 1. The summed E-state index contributed by atoms with van der Waals surface area (Å²) in [5.74, 6) is 1.32. The van der Waals surface area contributed by atoms with E-state index in [1.165, 1.54) is 0 Å². The highest BCUT2D eigenvalue weighted by Gasteiger charge is 2.20. The van der Waals surface area contributed by atoms with Gasteiger partial charge in [0.05, 0.1) is 6.04 Å². The number of benzene rings is 2. The lowest BCUT2D eigenvalue weighted by atomic mass is 10.1. The largest absolute Gasteiger partial charge is 0.342 e. The monoisotopic (exact) mass is 426 g/mol. The van der Waals surface area contributed by atoms with E-state index in [0.717, 1.165) is 22.0 Å². The maximum atomic E-state index is 12.7. The van der Waals surface area contributed by atoms with E-state index in [1.54, 1.807) is 17.8 Å². The van der Waals surface area contributed by atoms with Crippen molar-refractivity contribution in [1.29, 1.82) is 0 Å². The molecule has 29 heavy (non-hydrogen) atoms. The molecule has 0 spiro atoms. The number of amides is 1. The molecule has 0 fully saturated rings. The van der Waals surface area contributed by atoms with Crippen LogP contribution < -0.4 is 5.32 Å². The van der Waals surface area contributed by atoms with E-state index in [9.17, 15) is 4.79 Å². The van der Waals surface area contributed by atoms with Gasteiger partial charge in [0.1, 0.15) is 0 Å². The van der Waals surface area contributed by atoms with Crippen molar-refractivity contribution < 1.29 is 4.79 Å². The second kappa shape index (κ2) is 9.76. The summed E-state index contributed by atoms with van der Waals surface area (Å²) >= 11 is 7.54. The summed E-state index contributed by atoms with van der Waals surface area (Å²) < 4.78 is 1.98. The SMILES string of the molecule is C=CCn1c(SCc2ccc(Cl)cc2)nnc1C(C)NC(=O)c1ccccc1C. The Bertz CT molecular complexity index is 1000. The molecule has 3 rings (SSSR count). The highest BCUT2D eigenvalue weighted by atomic mass is 35.5. The molecule has 5 nitrogen and oxygen atoms in total. The van der Waals surface area contributed by atoms with Gasteiger partial charge in [-0.2, -0.15) is 0 Å². The molecule has 2 aromatic carbocycles. The van der Waals surface area contributed by atoms with Crippen LogP contribution in [0.15, 0.2) is 66.3 Å². The van der Waals surface area contributed by atoms with Crippen LogP contribution in [0, 0.1) is 6.92 Å². The summed E-state index contributed by atoms with van der Waals surface area (Å²) in [6.45, 7) is 8.23. The number of halogens is 1. The molecular formula is C22H23ClN4OS. The van der Waals surface area contributed by atoms with Crippen LogP contribution in [0.4, 0.5) is 0 Å². The van der Waals surface area contributed by atoms with Crippen molar-refractivity contribution in [2.45, 2.75) is 37.3 Å². The van der Waals surface area contributed by atoms with E-state index in [-0.39, 0.29) is 11.9 Å². The molecule has 1 unspecified atom stereocenters. The van der Waals surface area contributed by atoms with Crippen LogP contribution in [0.25, 0.3) is 0 Å². The van der Waals surface area contributed by atoms with E-state index in [0.29, 0.717) is 23.0 Å². The van der Waals surface area contributed by atoms with Gasteiger partial charge in [-0.1, -0.05) is 59.8 Å². The Hall–Kier alpha value is -2.57.